The lowest BCUT2D eigenvalue weighted by Gasteiger charge is -2.15. The molecule has 2 aromatic rings. The lowest BCUT2D eigenvalue weighted by Crippen LogP contribution is -2.22. The maximum atomic E-state index is 4.47. The quantitative estimate of drug-likeness (QED) is 0.868. The Hall–Kier alpha value is -1.13. The number of nitrogens with one attached hydrogen (secondary N) is 1. The zero-order chi connectivity index (χ0) is 13.0. The van der Waals surface area contributed by atoms with Crippen molar-refractivity contribution >= 4 is 11.3 Å². The summed E-state index contributed by atoms with van der Waals surface area (Å²) in [6.45, 7) is 5.34. The van der Waals surface area contributed by atoms with Gasteiger partial charge in [-0.1, -0.05) is 13.8 Å². The molecule has 3 nitrogen and oxygen atoms in total. The Morgan fingerprint density at radius 3 is 2.72 bits per heavy atom. The van der Waals surface area contributed by atoms with Gasteiger partial charge in [-0.15, -0.1) is 11.3 Å². The molecule has 0 aliphatic heterocycles. The first-order chi connectivity index (χ1) is 8.72. The summed E-state index contributed by atoms with van der Waals surface area (Å²) in [6, 6.07) is 6.97. The molecule has 0 saturated heterocycles. The first-order valence-electron chi connectivity index (χ1n) is 6.53. The highest BCUT2D eigenvalue weighted by atomic mass is 32.1. The molecule has 0 spiro atoms. The van der Waals surface area contributed by atoms with Gasteiger partial charge in [0.2, 0.25) is 0 Å². The minimum absolute atomic E-state index is 0.384. The van der Waals surface area contributed by atoms with Gasteiger partial charge in [0, 0.05) is 35.5 Å². The van der Waals surface area contributed by atoms with Gasteiger partial charge in [-0.05, 0) is 31.2 Å². The van der Waals surface area contributed by atoms with Gasteiger partial charge in [-0.3, -0.25) is 4.68 Å². The molecule has 0 saturated carbocycles. The van der Waals surface area contributed by atoms with Crippen LogP contribution in [0, 0.1) is 0 Å². The molecular formula is C14H21N3S. The van der Waals surface area contributed by atoms with Crippen LogP contribution in [0.5, 0.6) is 0 Å². The highest BCUT2D eigenvalue weighted by Crippen LogP contribution is 2.26. The van der Waals surface area contributed by atoms with E-state index in [1.54, 1.807) is 0 Å². The standard InChI is InChI=1S/C14H21N3S/c1-4-12-6-7-14(18-12)13(15-5-2)10-11-8-9-17(3)16-11/h6-9,13,15H,4-5,10H2,1-3H3. The highest BCUT2D eigenvalue weighted by molar-refractivity contribution is 7.12. The summed E-state index contributed by atoms with van der Waals surface area (Å²) in [5.74, 6) is 0. The first-order valence-corrected chi connectivity index (χ1v) is 7.35. The summed E-state index contributed by atoms with van der Waals surface area (Å²) < 4.78 is 1.87. The van der Waals surface area contributed by atoms with E-state index in [1.807, 2.05) is 29.3 Å². The van der Waals surface area contributed by atoms with Crippen molar-refractivity contribution in [1.29, 1.82) is 0 Å². The van der Waals surface area contributed by atoms with Gasteiger partial charge in [-0.25, -0.2) is 0 Å². The van der Waals surface area contributed by atoms with E-state index >= 15 is 0 Å². The molecule has 0 aliphatic rings. The van der Waals surface area contributed by atoms with Gasteiger partial charge in [0.1, 0.15) is 0 Å². The molecule has 2 heterocycles. The molecule has 0 amide bonds. The molecule has 1 N–H and O–H groups in total. The van der Waals surface area contributed by atoms with Crippen molar-refractivity contribution in [2.75, 3.05) is 6.54 Å². The van der Waals surface area contributed by atoms with E-state index in [1.165, 1.54) is 9.75 Å². The van der Waals surface area contributed by atoms with Gasteiger partial charge in [0.05, 0.1) is 5.69 Å². The Morgan fingerprint density at radius 1 is 1.33 bits per heavy atom. The number of aromatic nitrogens is 2. The fourth-order valence-corrected chi connectivity index (χ4v) is 3.10. The largest absolute Gasteiger partial charge is 0.309 e. The summed E-state index contributed by atoms with van der Waals surface area (Å²) in [5, 5.41) is 8.02. The molecule has 0 aromatic carbocycles. The van der Waals surface area contributed by atoms with Crippen LogP contribution < -0.4 is 5.32 Å². The van der Waals surface area contributed by atoms with E-state index in [4.69, 9.17) is 0 Å². The second-order valence-corrected chi connectivity index (χ2v) is 5.65. The number of hydrogen-bond donors (Lipinski definition) is 1. The monoisotopic (exact) mass is 263 g/mol. The van der Waals surface area contributed by atoms with E-state index in [-0.39, 0.29) is 0 Å². The predicted molar refractivity (Wildman–Crippen MR) is 77.0 cm³/mol. The molecule has 0 aliphatic carbocycles. The summed E-state index contributed by atoms with van der Waals surface area (Å²) in [4.78, 5) is 2.87. The number of nitrogens with zero attached hydrogens (tertiary/aromatic N) is 2. The van der Waals surface area contributed by atoms with Crippen molar-refractivity contribution < 1.29 is 0 Å². The number of thiophene rings is 1. The number of rotatable bonds is 6. The fraction of sp³-hybridized carbons (Fsp3) is 0.500. The Morgan fingerprint density at radius 2 is 2.17 bits per heavy atom. The van der Waals surface area contributed by atoms with Gasteiger partial charge < -0.3 is 5.32 Å². The zero-order valence-corrected chi connectivity index (χ0v) is 12.1. The second-order valence-electron chi connectivity index (χ2n) is 4.45. The van der Waals surface area contributed by atoms with Crippen LogP contribution in [0.2, 0.25) is 0 Å². The smallest absolute Gasteiger partial charge is 0.0643 e. The van der Waals surface area contributed by atoms with Gasteiger partial charge in [0.25, 0.3) is 0 Å². The van der Waals surface area contributed by atoms with Crippen LogP contribution in [-0.4, -0.2) is 16.3 Å². The van der Waals surface area contributed by atoms with Crippen molar-refractivity contribution in [2.24, 2.45) is 7.05 Å². The van der Waals surface area contributed by atoms with Crippen molar-refractivity contribution in [2.45, 2.75) is 32.7 Å². The summed E-state index contributed by atoms with van der Waals surface area (Å²) >= 11 is 1.91. The maximum absolute atomic E-state index is 4.47. The predicted octanol–water partition coefficient (Wildman–Crippen LogP) is 2.94. The van der Waals surface area contributed by atoms with Gasteiger partial charge in [0.15, 0.2) is 0 Å². The van der Waals surface area contributed by atoms with E-state index < -0.39 is 0 Å². The Balaban J connectivity index is 2.12. The number of aryl methyl sites for hydroxylation is 2. The molecule has 0 fully saturated rings. The zero-order valence-electron chi connectivity index (χ0n) is 11.3. The van der Waals surface area contributed by atoms with Crippen molar-refractivity contribution in [1.82, 2.24) is 15.1 Å². The van der Waals surface area contributed by atoms with E-state index in [0.29, 0.717) is 6.04 Å². The van der Waals surface area contributed by atoms with Crippen LogP contribution in [0.1, 0.15) is 35.3 Å². The maximum Gasteiger partial charge on any atom is 0.0643 e. The van der Waals surface area contributed by atoms with Crippen molar-refractivity contribution in [3.8, 4) is 0 Å². The lowest BCUT2D eigenvalue weighted by atomic mass is 10.1. The minimum Gasteiger partial charge on any atom is -0.309 e. The Labute approximate surface area is 113 Å². The SMILES string of the molecule is CCNC(Cc1ccn(C)n1)c1ccc(CC)s1. The molecule has 18 heavy (non-hydrogen) atoms. The van der Waals surface area contributed by atoms with E-state index in [9.17, 15) is 0 Å². The molecule has 1 unspecified atom stereocenters. The Kier molecular flexibility index (Phi) is 4.55. The summed E-state index contributed by atoms with van der Waals surface area (Å²) in [7, 11) is 1.96. The third kappa shape index (κ3) is 3.21. The van der Waals surface area contributed by atoms with Crippen LogP contribution in [0.4, 0.5) is 0 Å². The normalized spacial score (nSPS) is 12.8. The third-order valence-corrected chi connectivity index (χ3v) is 4.35. The molecular weight excluding hydrogens is 242 g/mol. The van der Waals surface area contributed by atoms with Crippen LogP contribution in [0.15, 0.2) is 24.4 Å². The molecule has 98 valence electrons. The average Bonchev–Trinajstić information content (AvgIpc) is 2.97. The molecule has 4 heteroatoms. The lowest BCUT2D eigenvalue weighted by molar-refractivity contribution is 0.547. The first kappa shape index (κ1) is 13.3. The highest BCUT2D eigenvalue weighted by Gasteiger charge is 2.14. The molecule has 0 radical (unpaired) electrons. The Bertz CT molecular complexity index is 487. The molecule has 2 rings (SSSR count). The van der Waals surface area contributed by atoms with Crippen molar-refractivity contribution in [3.05, 3.63) is 39.8 Å². The third-order valence-electron chi connectivity index (χ3n) is 3.01. The topological polar surface area (TPSA) is 29.9 Å². The van der Waals surface area contributed by atoms with E-state index in [2.05, 4.69) is 42.5 Å². The van der Waals surface area contributed by atoms with Crippen LogP contribution >= 0.6 is 11.3 Å². The molecule has 0 bridgehead atoms. The second kappa shape index (κ2) is 6.16. The van der Waals surface area contributed by atoms with Crippen LogP contribution in [0.25, 0.3) is 0 Å². The minimum atomic E-state index is 0.384. The van der Waals surface area contributed by atoms with Crippen molar-refractivity contribution in [3.63, 3.8) is 0 Å². The molecule has 1 atom stereocenters. The van der Waals surface area contributed by atoms with Crippen LogP contribution in [-0.2, 0) is 19.9 Å². The van der Waals surface area contributed by atoms with E-state index in [0.717, 1.165) is 25.1 Å². The van der Waals surface area contributed by atoms with Gasteiger partial charge in [-0.2, -0.15) is 5.10 Å². The summed E-state index contributed by atoms with van der Waals surface area (Å²) in [5.41, 5.74) is 1.15. The number of likely N-dealkylation sites (N-methyl/N-ethyl adjacent to an activating group) is 1. The van der Waals surface area contributed by atoms with Gasteiger partial charge >= 0.3 is 0 Å². The average molecular weight is 263 g/mol. The molecule has 2 aromatic heterocycles. The van der Waals surface area contributed by atoms with Crippen LogP contribution in [0.3, 0.4) is 0 Å². The fourth-order valence-electron chi connectivity index (χ4n) is 2.07. The number of hydrogen-bond acceptors (Lipinski definition) is 3. The summed E-state index contributed by atoms with van der Waals surface area (Å²) in [6.07, 6.45) is 4.08.